The molecule has 0 amide bonds. The van der Waals surface area contributed by atoms with Crippen molar-refractivity contribution in [3.05, 3.63) is 45.1 Å². The van der Waals surface area contributed by atoms with E-state index in [1.165, 1.54) is 19.2 Å². The highest BCUT2D eigenvalue weighted by Crippen LogP contribution is 2.36. The van der Waals surface area contributed by atoms with Gasteiger partial charge in [0, 0.05) is 5.70 Å². The lowest BCUT2D eigenvalue weighted by Crippen LogP contribution is -2.43. The molecule has 0 radical (unpaired) electrons. The number of hydrogen-bond donors (Lipinski definition) is 3. The normalized spacial score (nSPS) is 16.6. The lowest BCUT2D eigenvalue weighted by atomic mass is 9.96. The largest absolute Gasteiger partial charge is 0.504 e. The minimum atomic E-state index is -0.864. The summed E-state index contributed by atoms with van der Waals surface area (Å²) in [7, 11) is 1.39. The molecule has 0 unspecified atom stereocenters. The highest BCUT2D eigenvalue weighted by molar-refractivity contribution is 5.95. The molecule has 1 aromatic carbocycles. The van der Waals surface area contributed by atoms with Gasteiger partial charge in [0.15, 0.2) is 16.5 Å². The zero-order valence-electron chi connectivity index (χ0n) is 13.9. The summed E-state index contributed by atoms with van der Waals surface area (Å²) < 4.78 is 10.1. The van der Waals surface area contributed by atoms with Crippen LogP contribution >= 0.6 is 0 Å². The minimum absolute atomic E-state index is 0.0776. The predicted molar refractivity (Wildman–Crippen MR) is 87.4 cm³/mol. The van der Waals surface area contributed by atoms with Crippen LogP contribution < -0.4 is 15.5 Å². The van der Waals surface area contributed by atoms with Crippen LogP contribution in [0.4, 0.5) is 0 Å². The van der Waals surface area contributed by atoms with E-state index in [9.17, 15) is 20.0 Å². The first-order valence-electron chi connectivity index (χ1n) is 7.38. The third-order valence-corrected chi connectivity index (χ3v) is 3.45. The second-order valence-corrected chi connectivity index (χ2v) is 5.06. The molecule has 10 nitrogen and oxygen atoms in total. The fourth-order valence-corrected chi connectivity index (χ4v) is 2.40. The van der Waals surface area contributed by atoms with E-state index in [2.05, 4.69) is 10.3 Å². The number of hydrogen-bond acceptors (Lipinski definition) is 8. The Morgan fingerprint density at radius 1 is 1.52 bits per heavy atom. The number of guanidine groups is 1. The maximum atomic E-state index is 12.3. The highest BCUT2D eigenvalue weighted by atomic mass is 16.7. The smallest absolute Gasteiger partial charge is 0.338 e. The number of ether oxygens (including phenoxy) is 2. The van der Waals surface area contributed by atoms with Crippen LogP contribution in [-0.2, 0) is 9.53 Å². The molecule has 1 heterocycles. The van der Waals surface area contributed by atoms with Crippen molar-refractivity contribution in [2.75, 3.05) is 13.7 Å². The number of benzene rings is 1. The Morgan fingerprint density at radius 2 is 2.24 bits per heavy atom. The Hall–Kier alpha value is -3.30. The number of phenols is 1. The number of esters is 1. The van der Waals surface area contributed by atoms with E-state index in [4.69, 9.17) is 9.47 Å². The topological polar surface area (TPSA) is 135 Å². The van der Waals surface area contributed by atoms with Crippen molar-refractivity contribution in [2.24, 2.45) is 4.99 Å². The zero-order chi connectivity index (χ0) is 18.6. The number of phenolic OH excluding ortho intramolecular Hbond substituents is 1. The Balaban J connectivity index is 2.52. The first-order valence-corrected chi connectivity index (χ1v) is 7.38. The molecule has 0 bridgehead atoms. The standard InChI is InChI=1S/C15H18N4O6/c1-4-25-14(21)12-8(2)16-15(18-19(22)23)17-13(12)9-5-6-10(20)11(7-9)24-3/h5-7,13,20H,4H2,1-3H3,(H2,16,17,18)/t13-/m1/s1. The van der Waals surface area contributed by atoms with Crippen molar-refractivity contribution in [2.45, 2.75) is 19.9 Å². The van der Waals surface area contributed by atoms with E-state index in [1.54, 1.807) is 19.9 Å². The summed E-state index contributed by atoms with van der Waals surface area (Å²) in [6.07, 6.45) is 0. The fourth-order valence-electron chi connectivity index (χ4n) is 2.40. The molecule has 0 aliphatic carbocycles. The maximum absolute atomic E-state index is 12.3. The lowest BCUT2D eigenvalue weighted by Gasteiger charge is -2.25. The van der Waals surface area contributed by atoms with Crippen LogP contribution in [0.15, 0.2) is 34.5 Å². The number of aliphatic imine (C=N–C) groups is 1. The van der Waals surface area contributed by atoms with Crippen molar-refractivity contribution < 1.29 is 24.4 Å². The van der Waals surface area contributed by atoms with Gasteiger partial charge in [0.05, 0.1) is 19.3 Å². The molecule has 1 aliphatic rings. The molecule has 1 aliphatic heterocycles. The number of carbonyl (C=O) groups is 1. The molecule has 1 atom stereocenters. The van der Waals surface area contributed by atoms with Gasteiger partial charge in [-0.15, -0.1) is 0 Å². The van der Waals surface area contributed by atoms with Crippen LogP contribution in [0.3, 0.4) is 0 Å². The van der Waals surface area contributed by atoms with Gasteiger partial charge < -0.3 is 19.9 Å². The average Bonchev–Trinajstić information content (AvgIpc) is 2.54. The van der Waals surface area contributed by atoms with Gasteiger partial charge in [0.1, 0.15) is 6.04 Å². The number of carbonyl (C=O) groups excluding carboxylic acids is 1. The SMILES string of the molecule is CCOC(=O)C1=C(C)NC(N[N+](=O)[O-])=N[C@@H]1c1ccc(O)c(OC)c1. The third-order valence-electron chi connectivity index (χ3n) is 3.45. The second-order valence-electron chi connectivity index (χ2n) is 5.06. The van der Waals surface area contributed by atoms with Crippen LogP contribution in [0.5, 0.6) is 11.5 Å². The summed E-state index contributed by atoms with van der Waals surface area (Å²) in [4.78, 5) is 27.2. The fraction of sp³-hybridized carbons (Fsp3) is 0.333. The van der Waals surface area contributed by atoms with Gasteiger partial charge in [0.25, 0.3) is 5.96 Å². The van der Waals surface area contributed by atoms with Gasteiger partial charge in [0.2, 0.25) is 0 Å². The maximum Gasteiger partial charge on any atom is 0.338 e. The zero-order valence-corrected chi connectivity index (χ0v) is 13.9. The van der Waals surface area contributed by atoms with Gasteiger partial charge in [-0.2, -0.15) is 0 Å². The Kier molecular flexibility index (Phi) is 5.42. The van der Waals surface area contributed by atoms with E-state index in [0.717, 1.165) is 0 Å². The summed E-state index contributed by atoms with van der Waals surface area (Å²) in [5.74, 6) is -0.594. The highest BCUT2D eigenvalue weighted by Gasteiger charge is 2.31. The number of allylic oxidation sites excluding steroid dienone is 1. The predicted octanol–water partition coefficient (Wildman–Crippen LogP) is 1.02. The Bertz CT molecular complexity index is 758. The van der Waals surface area contributed by atoms with Crippen LogP contribution in [0.25, 0.3) is 0 Å². The van der Waals surface area contributed by atoms with E-state index < -0.39 is 17.0 Å². The molecule has 10 heteroatoms. The van der Waals surface area contributed by atoms with E-state index in [-0.39, 0.29) is 29.6 Å². The van der Waals surface area contributed by atoms with Crippen molar-refractivity contribution in [1.82, 2.24) is 10.7 Å². The molecule has 1 aromatic rings. The van der Waals surface area contributed by atoms with Gasteiger partial charge >= 0.3 is 5.97 Å². The number of hydrazine groups is 1. The molecule has 0 spiro atoms. The van der Waals surface area contributed by atoms with Gasteiger partial charge in [-0.05, 0) is 31.5 Å². The van der Waals surface area contributed by atoms with Crippen LogP contribution in [0, 0.1) is 10.1 Å². The molecule has 0 fully saturated rings. The van der Waals surface area contributed by atoms with Gasteiger partial charge in [-0.3, -0.25) is 0 Å². The summed E-state index contributed by atoms with van der Waals surface area (Å²) in [6, 6.07) is 3.58. The first-order chi connectivity index (χ1) is 11.9. The number of aromatic hydroxyl groups is 1. The Labute approximate surface area is 143 Å². The molecule has 0 saturated carbocycles. The number of nitrogens with one attached hydrogen (secondary N) is 2. The van der Waals surface area contributed by atoms with Gasteiger partial charge in [-0.1, -0.05) is 11.5 Å². The van der Waals surface area contributed by atoms with E-state index in [0.29, 0.717) is 11.3 Å². The molecule has 2 rings (SSSR count). The van der Waals surface area contributed by atoms with Gasteiger partial charge in [-0.25, -0.2) is 19.9 Å². The van der Waals surface area contributed by atoms with E-state index in [1.807, 2.05) is 5.43 Å². The van der Waals surface area contributed by atoms with Crippen molar-refractivity contribution >= 4 is 11.9 Å². The van der Waals surface area contributed by atoms with E-state index >= 15 is 0 Å². The summed E-state index contributed by atoms with van der Waals surface area (Å²) >= 11 is 0. The first kappa shape index (κ1) is 18.0. The molecule has 0 aromatic heterocycles. The summed E-state index contributed by atoms with van der Waals surface area (Å²) in [5.41, 5.74) is 3.02. The van der Waals surface area contributed by atoms with Crippen LogP contribution in [0.2, 0.25) is 0 Å². The number of methoxy groups -OCH3 is 1. The third kappa shape index (κ3) is 3.97. The van der Waals surface area contributed by atoms with Crippen molar-refractivity contribution in [3.8, 4) is 11.5 Å². The number of rotatable bonds is 5. The summed E-state index contributed by atoms with van der Waals surface area (Å²) in [6.45, 7) is 3.43. The minimum Gasteiger partial charge on any atom is -0.504 e. The average molecular weight is 350 g/mol. The second kappa shape index (κ2) is 7.51. The molecule has 0 saturated heterocycles. The summed E-state index contributed by atoms with van der Waals surface area (Å²) in [5, 5.41) is 22.3. The lowest BCUT2D eigenvalue weighted by molar-refractivity contribution is -0.525. The van der Waals surface area contributed by atoms with Crippen LogP contribution in [0.1, 0.15) is 25.5 Å². The monoisotopic (exact) mass is 350 g/mol. The molecule has 3 N–H and O–H groups in total. The number of nitro groups is 1. The molecule has 25 heavy (non-hydrogen) atoms. The Morgan fingerprint density at radius 3 is 2.84 bits per heavy atom. The van der Waals surface area contributed by atoms with Crippen molar-refractivity contribution in [1.29, 1.82) is 0 Å². The molecule has 134 valence electrons. The van der Waals surface area contributed by atoms with Crippen molar-refractivity contribution in [3.63, 3.8) is 0 Å². The quantitative estimate of drug-likeness (QED) is 0.407. The molecular formula is C15H18N4O6. The number of nitrogens with zero attached hydrogens (tertiary/aromatic N) is 2. The molecular weight excluding hydrogens is 332 g/mol. The van der Waals surface area contributed by atoms with Crippen LogP contribution in [-0.4, -0.2) is 35.8 Å².